The van der Waals surface area contributed by atoms with Crippen LogP contribution >= 0.6 is 0 Å². The summed E-state index contributed by atoms with van der Waals surface area (Å²) in [5.74, 6) is 19.4. The van der Waals surface area contributed by atoms with Crippen molar-refractivity contribution in [1.82, 2.24) is 29.7 Å². The van der Waals surface area contributed by atoms with Gasteiger partial charge in [-0.1, -0.05) is 35.5 Å². The van der Waals surface area contributed by atoms with Crippen molar-refractivity contribution in [1.29, 1.82) is 0 Å². The van der Waals surface area contributed by atoms with Crippen LogP contribution < -0.4 is 14.2 Å². The largest absolute Gasteiger partial charge is 0.491 e. The Hall–Kier alpha value is -8.88. The van der Waals surface area contributed by atoms with Crippen LogP contribution in [0.2, 0.25) is 0 Å². The molecule has 24 nitrogen and oxygen atoms in total. The van der Waals surface area contributed by atoms with Crippen LogP contribution in [0.5, 0.6) is 17.2 Å². The number of benzene rings is 3. The number of hydrogen-bond donors (Lipinski definition) is 0. The Kier molecular flexibility index (Phi) is 34.3. The van der Waals surface area contributed by atoms with Gasteiger partial charge >= 0.3 is 17.9 Å². The molecule has 1 saturated heterocycles. The highest BCUT2D eigenvalue weighted by molar-refractivity contribution is 5.88. The number of ether oxygens (including phenoxy) is 15. The molecule has 0 saturated carbocycles. The van der Waals surface area contributed by atoms with Gasteiger partial charge < -0.3 is 71.1 Å². The molecule has 0 amide bonds. The van der Waals surface area contributed by atoms with Crippen molar-refractivity contribution in [2.75, 3.05) is 188 Å². The number of nitrogens with zero attached hydrogens (tertiary/aromatic N) is 6. The van der Waals surface area contributed by atoms with E-state index in [4.69, 9.17) is 86.0 Å². The Morgan fingerprint density at radius 1 is 0.320 bits per heavy atom. The van der Waals surface area contributed by atoms with Crippen molar-refractivity contribution in [3.05, 3.63) is 177 Å². The third kappa shape index (κ3) is 28.8. The molecule has 1 fully saturated rings. The molecule has 4 heterocycles. The number of esters is 3. The van der Waals surface area contributed by atoms with Gasteiger partial charge in [-0.3, -0.25) is 14.7 Å². The van der Waals surface area contributed by atoms with Crippen molar-refractivity contribution in [3.8, 4) is 52.8 Å². The maximum Gasteiger partial charge on any atom is 0.356 e. The highest BCUT2D eigenvalue weighted by atomic mass is 16.6. The SMILES string of the molecule is COCCOCCOCCOc1ccc(C#Cc2cc(CN3CCN(Cc4cc(C#Cc5ccc(OCCOCCOCCOC)cc5)cc(C(=O)OC)n4)CN(Cc4cc(C#Cc5ccc(OCCOCCOCCOC)cc5)cc(C(=O)OC)n4)C3)nc(C(=O)OC)c2)cc1. The number of pyridine rings is 3. The number of methoxy groups -OCH3 is 6. The fourth-order valence-corrected chi connectivity index (χ4v) is 9.31. The van der Waals surface area contributed by atoms with Crippen LogP contribution in [-0.2, 0) is 76.5 Å². The average Bonchev–Trinajstić information content (AvgIpc) is 2.20. The minimum atomic E-state index is -0.626. The van der Waals surface area contributed by atoms with Gasteiger partial charge in [-0.2, -0.15) is 0 Å². The highest BCUT2D eigenvalue weighted by Gasteiger charge is 2.25. The number of hydrogen-bond acceptors (Lipinski definition) is 24. The molecule has 0 unspecified atom stereocenters. The van der Waals surface area contributed by atoms with E-state index in [1.165, 1.54) is 21.3 Å². The summed E-state index contributed by atoms with van der Waals surface area (Å²) in [6.07, 6.45) is 0. The Morgan fingerprint density at radius 3 is 0.835 bits per heavy atom. The summed E-state index contributed by atoms with van der Waals surface area (Å²) in [7, 11) is 8.80. The molecule has 0 bridgehead atoms. The van der Waals surface area contributed by atoms with Gasteiger partial charge in [-0.15, -0.1) is 0 Å². The summed E-state index contributed by atoms with van der Waals surface area (Å²) >= 11 is 0. The first-order valence-electron chi connectivity index (χ1n) is 31.7. The van der Waals surface area contributed by atoms with Crippen molar-refractivity contribution in [2.45, 2.75) is 19.6 Å². The lowest BCUT2D eigenvalue weighted by atomic mass is 10.1. The van der Waals surface area contributed by atoms with Gasteiger partial charge in [0.2, 0.25) is 0 Å². The quantitative estimate of drug-likeness (QED) is 0.0177. The van der Waals surface area contributed by atoms with E-state index in [0.717, 1.165) is 16.7 Å². The fraction of sp³-hybridized carbons (Fsp3) is 0.425. The smallest absolute Gasteiger partial charge is 0.356 e. The van der Waals surface area contributed by atoms with Crippen molar-refractivity contribution in [2.24, 2.45) is 0 Å². The predicted octanol–water partition coefficient (Wildman–Crippen LogP) is 6.34. The summed E-state index contributed by atoms with van der Waals surface area (Å²) in [6, 6.07) is 32.5. The molecule has 6 aromatic rings. The van der Waals surface area contributed by atoms with E-state index in [-0.39, 0.29) is 23.6 Å². The first-order chi connectivity index (χ1) is 47.5. The van der Waals surface area contributed by atoms with Crippen molar-refractivity contribution in [3.63, 3.8) is 0 Å². The monoisotopic (exact) mass is 1330 g/mol. The maximum absolute atomic E-state index is 13.3. The summed E-state index contributed by atoms with van der Waals surface area (Å²) in [5, 5.41) is 0. The third-order valence-electron chi connectivity index (χ3n) is 14.0. The Morgan fingerprint density at radius 2 is 0.567 bits per heavy atom. The molecule has 97 heavy (non-hydrogen) atoms. The molecular weight excluding hydrogens is 1250 g/mol. The second-order valence-corrected chi connectivity index (χ2v) is 21.4. The first-order valence-corrected chi connectivity index (χ1v) is 31.7. The molecule has 0 N–H and O–H groups in total. The third-order valence-corrected chi connectivity index (χ3v) is 14.0. The van der Waals surface area contributed by atoms with Crippen LogP contribution in [0.25, 0.3) is 0 Å². The van der Waals surface area contributed by atoms with Gasteiger partial charge in [-0.25, -0.2) is 29.3 Å². The summed E-state index contributed by atoms with van der Waals surface area (Å²) in [4.78, 5) is 60.5. The fourth-order valence-electron chi connectivity index (χ4n) is 9.31. The molecule has 1 aliphatic rings. The van der Waals surface area contributed by atoms with Crippen LogP contribution in [0, 0.1) is 35.5 Å². The zero-order chi connectivity index (χ0) is 68.5. The summed E-state index contributed by atoms with van der Waals surface area (Å²) < 4.78 is 81.2. The van der Waals surface area contributed by atoms with Gasteiger partial charge in [0.05, 0.1) is 151 Å². The zero-order valence-corrected chi connectivity index (χ0v) is 56.1. The molecule has 7 rings (SSSR count). The van der Waals surface area contributed by atoms with Crippen LogP contribution in [0.15, 0.2) is 109 Å². The minimum absolute atomic E-state index is 0.0822. The van der Waals surface area contributed by atoms with E-state index < -0.39 is 17.9 Å². The molecular formula is C73H86N6O18. The van der Waals surface area contributed by atoms with E-state index >= 15 is 0 Å². The first kappa shape index (κ1) is 75.5. The van der Waals surface area contributed by atoms with Gasteiger partial charge in [0, 0.05) is 87.4 Å². The van der Waals surface area contributed by atoms with Gasteiger partial charge in [0.25, 0.3) is 0 Å². The number of carbonyl (C=O) groups excluding carboxylic acids is 3. The standard InChI is InChI=1S/C73H86N6O18/c1-83-27-30-89-33-36-92-39-42-95-65-19-13-56(14-20-65)7-10-59-45-62(74-68(48-59)71(80)86-4)51-77-25-26-78(52-63-46-60(49-69(75-63)72(81)87-5)11-8-57-15-21-66(22-16-57)96-43-40-93-37-34-90-31-28-84-2)55-79(54-77)53-64-47-61(50-70(76-64)73(82)88-6)12-9-58-17-23-67(24-18-58)97-44-41-94-38-35-91-32-29-85-3/h13-24,45-50H,25-44,51-55H2,1-6H3. The predicted molar refractivity (Wildman–Crippen MR) is 357 cm³/mol. The van der Waals surface area contributed by atoms with Crippen LogP contribution in [-0.4, -0.2) is 236 Å². The van der Waals surface area contributed by atoms with E-state index in [1.54, 1.807) is 39.5 Å². The van der Waals surface area contributed by atoms with Crippen molar-refractivity contribution >= 4 is 17.9 Å². The number of rotatable bonds is 39. The van der Waals surface area contributed by atoms with Crippen LogP contribution in [0.4, 0.5) is 0 Å². The Labute approximate surface area is 567 Å². The maximum atomic E-state index is 13.3. The lowest BCUT2D eigenvalue weighted by molar-refractivity contribution is 0.0180. The molecule has 516 valence electrons. The minimum Gasteiger partial charge on any atom is -0.491 e. The molecule has 0 aliphatic carbocycles. The molecule has 3 aromatic heterocycles. The topological polar surface area (TPSA) is 238 Å². The van der Waals surface area contributed by atoms with Gasteiger partial charge in [0.15, 0.2) is 0 Å². The van der Waals surface area contributed by atoms with E-state index in [0.29, 0.717) is 209 Å². The normalized spacial score (nSPS) is 12.4. The molecule has 1 aliphatic heterocycles. The highest BCUT2D eigenvalue weighted by Crippen LogP contribution is 2.20. The summed E-state index contributed by atoms with van der Waals surface area (Å²) in [5.41, 5.74) is 5.77. The molecule has 3 aromatic carbocycles. The number of carbonyl (C=O) groups is 3. The lowest BCUT2D eigenvalue weighted by Gasteiger charge is -2.28. The number of aromatic nitrogens is 3. The average molecular weight is 1340 g/mol. The van der Waals surface area contributed by atoms with Gasteiger partial charge in [-0.05, 0) is 109 Å². The van der Waals surface area contributed by atoms with Crippen LogP contribution in [0.1, 0.15) is 81.9 Å². The van der Waals surface area contributed by atoms with Gasteiger partial charge in [0.1, 0.15) is 54.2 Å². The van der Waals surface area contributed by atoms with E-state index in [1.807, 2.05) is 91.0 Å². The van der Waals surface area contributed by atoms with Crippen molar-refractivity contribution < 1.29 is 85.4 Å². The second kappa shape index (κ2) is 44.0. The van der Waals surface area contributed by atoms with E-state index in [9.17, 15) is 14.4 Å². The molecule has 0 radical (unpaired) electrons. The Bertz CT molecular complexity index is 3400. The Balaban J connectivity index is 1.10. The molecule has 24 heteroatoms. The second-order valence-electron chi connectivity index (χ2n) is 21.4. The molecule has 0 atom stereocenters. The van der Waals surface area contributed by atoms with E-state index in [2.05, 4.69) is 50.2 Å². The molecule has 0 spiro atoms. The summed E-state index contributed by atoms with van der Waals surface area (Å²) in [6.45, 7) is 10.8. The lowest BCUT2D eigenvalue weighted by Crippen LogP contribution is -2.38. The zero-order valence-electron chi connectivity index (χ0n) is 56.1. The van der Waals surface area contributed by atoms with Crippen LogP contribution in [0.3, 0.4) is 0 Å².